The molecule has 6 nitrogen and oxygen atoms in total. The highest BCUT2D eigenvalue weighted by atomic mass is 16.5. The second-order valence-corrected chi connectivity index (χ2v) is 22.3. The number of allylic oxidation sites excluding steroid dienone is 7. The van der Waals surface area contributed by atoms with E-state index in [-0.39, 0.29) is 30.1 Å². The molecule has 372 valence electrons. The topological polar surface area (TPSA) is 76.1 Å². The minimum Gasteiger partial charge on any atom is -0.466 e. The molecule has 8 atom stereocenters. The predicted molar refractivity (Wildman–Crippen MR) is 274 cm³/mol. The fourth-order valence-corrected chi connectivity index (χ4v) is 13.1. The van der Waals surface area contributed by atoms with Crippen LogP contribution < -0.4 is 0 Å². The molecule has 65 heavy (non-hydrogen) atoms. The van der Waals surface area contributed by atoms with Gasteiger partial charge in [-0.2, -0.15) is 0 Å². The first-order valence-electron chi connectivity index (χ1n) is 27.8. The maximum absolute atomic E-state index is 13.1. The number of nitrogens with zero attached hydrogens (tertiary/aromatic N) is 1. The van der Waals surface area contributed by atoms with E-state index in [0.29, 0.717) is 24.9 Å². The largest absolute Gasteiger partial charge is 0.466 e. The van der Waals surface area contributed by atoms with Crippen LogP contribution in [0.3, 0.4) is 0 Å². The molecule has 3 fully saturated rings. The molecule has 0 radical (unpaired) electrons. The van der Waals surface area contributed by atoms with Gasteiger partial charge in [0.25, 0.3) is 0 Å². The van der Waals surface area contributed by atoms with Crippen LogP contribution in [0.15, 0.2) is 48.1 Å². The minimum atomic E-state index is -0.0581. The Kier molecular flexibility index (Phi) is 26.5. The van der Waals surface area contributed by atoms with Crippen LogP contribution in [0, 0.1) is 46.3 Å². The molecule has 0 saturated heterocycles. The van der Waals surface area contributed by atoms with Gasteiger partial charge in [0.05, 0.1) is 6.61 Å². The summed E-state index contributed by atoms with van der Waals surface area (Å²) in [5, 5.41) is 9.36. The molecule has 3 saturated carbocycles. The molecule has 0 heterocycles. The van der Waals surface area contributed by atoms with Crippen molar-refractivity contribution in [2.75, 3.05) is 32.8 Å². The highest BCUT2D eigenvalue weighted by Crippen LogP contribution is 2.67. The van der Waals surface area contributed by atoms with Crippen LogP contribution in [-0.4, -0.2) is 60.9 Å². The molecule has 0 aromatic carbocycles. The monoisotopic (exact) mass is 904 g/mol. The van der Waals surface area contributed by atoms with Crippen LogP contribution in [-0.2, 0) is 19.1 Å². The second-order valence-electron chi connectivity index (χ2n) is 22.3. The quantitative estimate of drug-likeness (QED) is 0.0394. The van der Waals surface area contributed by atoms with Gasteiger partial charge in [0.1, 0.15) is 6.10 Å². The van der Waals surface area contributed by atoms with E-state index < -0.39 is 0 Å². The average molecular weight is 904 g/mol. The lowest BCUT2D eigenvalue weighted by Crippen LogP contribution is -2.51. The number of esters is 2. The van der Waals surface area contributed by atoms with Gasteiger partial charge in [0.2, 0.25) is 0 Å². The van der Waals surface area contributed by atoms with Gasteiger partial charge < -0.3 is 19.5 Å². The SMILES string of the molecule is CC/C=C/C/C=C/C/C=C/CCCCCCCC(=O)OCCCCN(CCCCO)CCCCCC(=O)O[C@H]1CC[C@@]2(C)C(=CC[C@H]3[C@@H]4CC[C@H]([C@H](C)CCCC(C)C)[C@@]4(C)CC[C@@H]32)C1. The summed E-state index contributed by atoms with van der Waals surface area (Å²) in [4.78, 5) is 27.9. The number of fused-ring (bicyclic) bond motifs is 5. The lowest BCUT2D eigenvalue weighted by Gasteiger charge is -2.58. The maximum Gasteiger partial charge on any atom is 0.306 e. The average Bonchev–Trinajstić information content (AvgIpc) is 3.64. The molecule has 4 aliphatic rings. The summed E-state index contributed by atoms with van der Waals surface area (Å²) in [5.74, 6) is 5.00. The van der Waals surface area contributed by atoms with Gasteiger partial charge in [-0.3, -0.25) is 9.59 Å². The molecule has 4 aliphatic carbocycles. The molecule has 0 aromatic heterocycles. The van der Waals surface area contributed by atoms with Crippen LogP contribution >= 0.6 is 0 Å². The molecule has 0 spiro atoms. The predicted octanol–water partition coefficient (Wildman–Crippen LogP) is 15.5. The maximum atomic E-state index is 13.1. The van der Waals surface area contributed by atoms with E-state index in [2.05, 4.69) is 89.0 Å². The van der Waals surface area contributed by atoms with Crippen molar-refractivity contribution in [3.63, 3.8) is 0 Å². The fourth-order valence-electron chi connectivity index (χ4n) is 13.1. The van der Waals surface area contributed by atoms with Crippen molar-refractivity contribution in [1.82, 2.24) is 4.90 Å². The van der Waals surface area contributed by atoms with Crippen LogP contribution in [0.2, 0.25) is 0 Å². The first-order chi connectivity index (χ1) is 31.5. The van der Waals surface area contributed by atoms with Crippen LogP contribution in [0.5, 0.6) is 0 Å². The van der Waals surface area contributed by atoms with Gasteiger partial charge in [-0.05, 0) is 188 Å². The van der Waals surface area contributed by atoms with Crippen LogP contribution in [0.25, 0.3) is 0 Å². The van der Waals surface area contributed by atoms with Crippen molar-refractivity contribution in [1.29, 1.82) is 0 Å². The zero-order chi connectivity index (χ0) is 46.8. The summed E-state index contributed by atoms with van der Waals surface area (Å²) in [6.07, 6.45) is 47.9. The van der Waals surface area contributed by atoms with Crippen LogP contribution in [0.4, 0.5) is 0 Å². The standard InChI is InChI=1S/C59H101NO5/c1-7-8-9-10-11-12-13-14-15-16-17-18-19-20-22-32-56(62)64-46-28-26-44-60(43-25-27-45-61)42-24-21-23-33-57(63)65-51-38-40-58(5)50(47-51)34-35-52-54-37-36-53(49(4)31-29-30-48(2)3)59(54,6)41-39-55(52)58/h8-9,11-12,14-15,34,48-49,51-55,61H,7,10,13,16-33,35-47H2,1-6H3/b9-8+,12-11+,15-14+/t49-,51+,52+,53-,54+,55+,58+,59-/m1/s1. The molecule has 0 aliphatic heterocycles. The summed E-state index contributed by atoms with van der Waals surface area (Å²) in [6.45, 7) is 18.4. The smallest absolute Gasteiger partial charge is 0.306 e. The first kappa shape index (κ1) is 55.4. The van der Waals surface area contributed by atoms with E-state index in [1.165, 1.54) is 77.0 Å². The number of unbranched alkanes of at least 4 members (excludes halogenated alkanes) is 9. The Balaban J connectivity index is 1.04. The van der Waals surface area contributed by atoms with E-state index in [1.807, 2.05) is 0 Å². The summed E-state index contributed by atoms with van der Waals surface area (Å²) < 4.78 is 11.8. The Morgan fingerprint density at radius 1 is 0.723 bits per heavy atom. The third-order valence-electron chi connectivity index (χ3n) is 17.0. The number of hydrogen-bond acceptors (Lipinski definition) is 6. The lowest BCUT2D eigenvalue weighted by molar-refractivity contribution is -0.151. The summed E-state index contributed by atoms with van der Waals surface area (Å²) in [7, 11) is 0. The Labute approximate surface area is 400 Å². The van der Waals surface area contributed by atoms with E-state index in [4.69, 9.17) is 9.47 Å². The lowest BCUT2D eigenvalue weighted by atomic mass is 9.47. The Morgan fingerprint density at radius 2 is 1.38 bits per heavy atom. The number of carbonyl (C=O) groups excluding carboxylic acids is 2. The van der Waals surface area contributed by atoms with Crippen molar-refractivity contribution < 1.29 is 24.2 Å². The summed E-state index contributed by atoms with van der Waals surface area (Å²) >= 11 is 0. The van der Waals surface area contributed by atoms with Crippen molar-refractivity contribution in [2.45, 2.75) is 234 Å². The zero-order valence-corrected chi connectivity index (χ0v) is 43.2. The molecular weight excluding hydrogens is 803 g/mol. The molecule has 0 amide bonds. The van der Waals surface area contributed by atoms with E-state index in [0.717, 1.165) is 151 Å². The molecule has 6 heteroatoms. The number of ether oxygens (including phenoxy) is 2. The van der Waals surface area contributed by atoms with Gasteiger partial charge in [-0.1, -0.05) is 135 Å². The number of aliphatic hydroxyl groups excluding tert-OH is 1. The van der Waals surface area contributed by atoms with Crippen LogP contribution in [0.1, 0.15) is 228 Å². The van der Waals surface area contributed by atoms with E-state index >= 15 is 0 Å². The molecular formula is C59H101NO5. The molecule has 4 rings (SSSR count). The molecule has 0 bridgehead atoms. The molecule has 0 aromatic rings. The van der Waals surface area contributed by atoms with Crippen molar-refractivity contribution in [2.24, 2.45) is 46.3 Å². The Hall–Kier alpha value is -2.18. The fraction of sp³-hybridized carbons (Fsp3) is 0.831. The number of rotatable bonds is 34. The Bertz CT molecular complexity index is 1450. The van der Waals surface area contributed by atoms with Crippen molar-refractivity contribution >= 4 is 11.9 Å². The third-order valence-corrected chi connectivity index (χ3v) is 17.0. The summed E-state index contributed by atoms with van der Waals surface area (Å²) in [5.41, 5.74) is 2.41. The Morgan fingerprint density at radius 3 is 2.12 bits per heavy atom. The van der Waals surface area contributed by atoms with E-state index in [1.54, 1.807) is 5.57 Å². The minimum absolute atomic E-state index is 0.0100. The third kappa shape index (κ3) is 19.0. The van der Waals surface area contributed by atoms with Gasteiger partial charge in [-0.25, -0.2) is 0 Å². The van der Waals surface area contributed by atoms with Crippen molar-refractivity contribution in [3.05, 3.63) is 48.1 Å². The summed E-state index contributed by atoms with van der Waals surface area (Å²) in [6, 6.07) is 0. The highest BCUT2D eigenvalue weighted by Gasteiger charge is 2.59. The van der Waals surface area contributed by atoms with Crippen molar-refractivity contribution in [3.8, 4) is 0 Å². The number of hydrogen-bond donors (Lipinski definition) is 1. The van der Waals surface area contributed by atoms with Gasteiger partial charge in [-0.15, -0.1) is 0 Å². The first-order valence-corrected chi connectivity index (χ1v) is 27.8. The normalized spacial score (nSPS) is 27.1. The zero-order valence-electron chi connectivity index (χ0n) is 43.2. The highest BCUT2D eigenvalue weighted by molar-refractivity contribution is 5.69. The number of aliphatic hydroxyl groups is 1. The van der Waals surface area contributed by atoms with Gasteiger partial charge in [0.15, 0.2) is 0 Å². The van der Waals surface area contributed by atoms with E-state index in [9.17, 15) is 14.7 Å². The molecule has 0 unspecified atom stereocenters. The number of carbonyl (C=O) groups is 2. The van der Waals surface area contributed by atoms with Gasteiger partial charge >= 0.3 is 11.9 Å². The van der Waals surface area contributed by atoms with Gasteiger partial charge in [0, 0.05) is 25.9 Å². The second kappa shape index (κ2) is 31.0. The molecule has 1 N–H and O–H groups in total.